The van der Waals surface area contributed by atoms with Gasteiger partial charge in [-0.15, -0.1) is 0 Å². The zero-order valence-electron chi connectivity index (χ0n) is 8.86. The molecule has 0 radical (unpaired) electrons. The Kier molecular flexibility index (Phi) is 4.04. The van der Waals surface area contributed by atoms with Crippen LogP contribution in [0.4, 0.5) is 0 Å². The fourth-order valence-corrected chi connectivity index (χ4v) is 1.47. The van der Waals surface area contributed by atoms with Crippen LogP contribution in [-0.4, -0.2) is 24.2 Å². The van der Waals surface area contributed by atoms with Crippen molar-refractivity contribution in [1.29, 1.82) is 0 Å². The molecule has 1 unspecified atom stereocenters. The summed E-state index contributed by atoms with van der Waals surface area (Å²) in [5, 5.41) is 0. The number of pyridine rings is 1. The Morgan fingerprint density at radius 1 is 1.57 bits per heavy atom. The van der Waals surface area contributed by atoms with Crippen molar-refractivity contribution in [2.24, 2.45) is 5.73 Å². The van der Waals surface area contributed by atoms with E-state index in [1.54, 1.807) is 13.3 Å². The number of hydrogen-bond acceptors (Lipinski definition) is 3. The molecule has 1 aromatic rings. The molecule has 1 heterocycles. The van der Waals surface area contributed by atoms with E-state index in [4.69, 9.17) is 10.5 Å². The van der Waals surface area contributed by atoms with Crippen LogP contribution in [-0.2, 0) is 11.2 Å². The Balaban J connectivity index is 2.65. The Morgan fingerprint density at radius 2 is 2.36 bits per heavy atom. The van der Waals surface area contributed by atoms with E-state index in [1.165, 1.54) is 0 Å². The summed E-state index contributed by atoms with van der Waals surface area (Å²) in [5.41, 5.74) is 7.08. The van der Waals surface area contributed by atoms with Crippen LogP contribution in [0.25, 0.3) is 0 Å². The number of rotatable bonds is 5. The number of nitrogens with two attached hydrogens (primary N) is 1. The quantitative estimate of drug-likeness (QED) is 0.770. The lowest BCUT2D eigenvalue weighted by atomic mass is 9.91. The molecule has 78 valence electrons. The topological polar surface area (TPSA) is 48.1 Å². The average Bonchev–Trinajstić information content (AvgIpc) is 2.20. The van der Waals surface area contributed by atoms with Gasteiger partial charge >= 0.3 is 0 Å². The van der Waals surface area contributed by atoms with Gasteiger partial charge in [-0.2, -0.15) is 0 Å². The average molecular weight is 194 g/mol. The SMILES string of the molecule is CCC(N)(COC)Cc1cccnc1. The van der Waals surface area contributed by atoms with Gasteiger partial charge in [0.05, 0.1) is 6.61 Å². The standard InChI is InChI=1S/C11H18N2O/c1-3-11(12,9-14-2)7-10-5-4-6-13-8-10/h4-6,8H,3,7,9,12H2,1-2H3. The zero-order chi connectivity index (χ0) is 10.4. The molecule has 0 amide bonds. The van der Waals surface area contributed by atoms with Gasteiger partial charge in [0.1, 0.15) is 0 Å². The number of nitrogens with zero attached hydrogens (tertiary/aromatic N) is 1. The first kappa shape index (κ1) is 11.1. The summed E-state index contributed by atoms with van der Waals surface area (Å²) >= 11 is 0. The molecule has 3 nitrogen and oxygen atoms in total. The number of ether oxygens (including phenoxy) is 1. The highest BCUT2D eigenvalue weighted by atomic mass is 16.5. The fourth-order valence-electron chi connectivity index (χ4n) is 1.47. The van der Waals surface area contributed by atoms with Gasteiger partial charge in [0.25, 0.3) is 0 Å². The molecule has 0 aliphatic rings. The molecule has 1 aromatic heterocycles. The van der Waals surface area contributed by atoms with Crippen LogP contribution < -0.4 is 5.73 Å². The van der Waals surface area contributed by atoms with Gasteiger partial charge in [-0.25, -0.2) is 0 Å². The number of aromatic nitrogens is 1. The molecule has 2 N–H and O–H groups in total. The lowest BCUT2D eigenvalue weighted by Crippen LogP contribution is -2.45. The van der Waals surface area contributed by atoms with Crippen LogP contribution in [0, 0.1) is 0 Å². The van der Waals surface area contributed by atoms with Gasteiger partial charge in [0.2, 0.25) is 0 Å². The lowest BCUT2D eigenvalue weighted by molar-refractivity contribution is 0.129. The number of methoxy groups -OCH3 is 1. The van der Waals surface area contributed by atoms with Crippen molar-refractivity contribution >= 4 is 0 Å². The van der Waals surface area contributed by atoms with Gasteiger partial charge in [0.15, 0.2) is 0 Å². The highest BCUT2D eigenvalue weighted by Crippen LogP contribution is 2.14. The third kappa shape index (κ3) is 3.09. The summed E-state index contributed by atoms with van der Waals surface area (Å²) in [6.45, 7) is 2.66. The predicted molar refractivity (Wildman–Crippen MR) is 57.0 cm³/mol. The highest BCUT2D eigenvalue weighted by Gasteiger charge is 2.22. The van der Waals surface area contributed by atoms with Crippen LogP contribution in [0.15, 0.2) is 24.5 Å². The molecule has 0 bridgehead atoms. The minimum atomic E-state index is -0.266. The Labute approximate surface area is 85.3 Å². The Morgan fingerprint density at radius 3 is 2.86 bits per heavy atom. The van der Waals surface area contributed by atoms with Gasteiger partial charge in [-0.05, 0) is 24.5 Å². The lowest BCUT2D eigenvalue weighted by Gasteiger charge is -2.27. The molecule has 3 heteroatoms. The molecule has 0 spiro atoms. The highest BCUT2D eigenvalue weighted by molar-refractivity contribution is 5.12. The molecule has 0 aliphatic carbocycles. The van der Waals surface area contributed by atoms with Crippen molar-refractivity contribution in [1.82, 2.24) is 4.98 Å². The smallest absolute Gasteiger partial charge is 0.0645 e. The first-order valence-corrected chi connectivity index (χ1v) is 4.87. The van der Waals surface area contributed by atoms with Gasteiger partial charge in [-0.3, -0.25) is 4.98 Å². The minimum absolute atomic E-state index is 0.266. The second kappa shape index (κ2) is 5.08. The third-order valence-corrected chi connectivity index (χ3v) is 2.41. The van der Waals surface area contributed by atoms with Gasteiger partial charge < -0.3 is 10.5 Å². The second-order valence-electron chi connectivity index (χ2n) is 3.69. The fraction of sp³-hybridized carbons (Fsp3) is 0.545. The maximum Gasteiger partial charge on any atom is 0.0645 e. The van der Waals surface area contributed by atoms with Crippen molar-refractivity contribution in [3.8, 4) is 0 Å². The first-order chi connectivity index (χ1) is 6.70. The summed E-state index contributed by atoms with van der Waals surface area (Å²) in [7, 11) is 1.68. The molecule has 0 saturated carbocycles. The summed E-state index contributed by atoms with van der Waals surface area (Å²) in [5.74, 6) is 0. The molecule has 0 fully saturated rings. The zero-order valence-corrected chi connectivity index (χ0v) is 8.86. The van der Waals surface area contributed by atoms with E-state index < -0.39 is 0 Å². The maximum absolute atomic E-state index is 6.19. The molecule has 14 heavy (non-hydrogen) atoms. The van der Waals surface area contributed by atoms with Crippen molar-refractivity contribution < 1.29 is 4.74 Å². The minimum Gasteiger partial charge on any atom is -0.383 e. The van der Waals surface area contributed by atoms with E-state index in [0.717, 1.165) is 18.4 Å². The van der Waals surface area contributed by atoms with Crippen molar-refractivity contribution in [3.63, 3.8) is 0 Å². The van der Waals surface area contributed by atoms with E-state index >= 15 is 0 Å². The monoisotopic (exact) mass is 194 g/mol. The summed E-state index contributed by atoms with van der Waals surface area (Å²) in [6.07, 6.45) is 5.33. The van der Waals surface area contributed by atoms with Crippen LogP contribution in [0.3, 0.4) is 0 Å². The summed E-state index contributed by atoms with van der Waals surface area (Å²) in [4.78, 5) is 4.07. The summed E-state index contributed by atoms with van der Waals surface area (Å²) < 4.78 is 5.12. The van der Waals surface area contributed by atoms with Crippen molar-refractivity contribution in [2.45, 2.75) is 25.3 Å². The molecule has 1 atom stereocenters. The Hall–Kier alpha value is -0.930. The van der Waals surface area contributed by atoms with E-state index in [2.05, 4.69) is 11.9 Å². The molecule has 0 aromatic carbocycles. The predicted octanol–water partition coefficient (Wildman–Crippen LogP) is 1.38. The third-order valence-electron chi connectivity index (χ3n) is 2.41. The normalized spacial score (nSPS) is 15.1. The second-order valence-corrected chi connectivity index (χ2v) is 3.69. The molecule has 0 saturated heterocycles. The van der Waals surface area contributed by atoms with E-state index in [-0.39, 0.29) is 5.54 Å². The van der Waals surface area contributed by atoms with Crippen molar-refractivity contribution in [3.05, 3.63) is 30.1 Å². The van der Waals surface area contributed by atoms with E-state index in [9.17, 15) is 0 Å². The maximum atomic E-state index is 6.19. The number of hydrogen-bond donors (Lipinski definition) is 1. The van der Waals surface area contributed by atoms with Crippen molar-refractivity contribution in [2.75, 3.05) is 13.7 Å². The van der Waals surface area contributed by atoms with Crippen LogP contribution in [0.2, 0.25) is 0 Å². The molecular weight excluding hydrogens is 176 g/mol. The summed E-state index contributed by atoms with van der Waals surface area (Å²) in [6, 6.07) is 3.97. The van der Waals surface area contributed by atoms with E-state index in [1.807, 2.05) is 18.3 Å². The van der Waals surface area contributed by atoms with Crippen LogP contribution in [0.1, 0.15) is 18.9 Å². The first-order valence-electron chi connectivity index (χ1n) is 4.87. The van der Waals surface area contributed by atoms with E-state index in [0.29, 0.717) is 6.61 Å². The molecule has 1 rings (SSSR count). The molecular formula is C11H18N2O. The van der Waals surface area contributed by atoms with Crippen LogP contribution >= 0.6 is 0 Å². The van der Waals surface area contributed by atoms with Gasteiger partial charge in [-0.1, -0.05) is 13.0 Å². The van der Waals surface area contributed by atoms with Gasteiger partial charge in [0, 0.05) is 25.0 Å². The molecule has 0 aliphatic heterocycles. The Bertz CT molecular complexity index is 263. The van der Waals surface area contributed by atoms with Crippen LogP contribution in [0.5, 0.6) is 0 Å². The largest absolute Gasteiger partial charge is 0.383 e.